The Morgan fingerprint density at radius 3 is 2.67 bits per heavy atom. The van der Waals surface area contributed by atoms with E-state index in [0.717, 1.165) is 11.3 Å². The van der Waals surface area contributed by atoms with Crippen LogP contribution in [0.25, 0.3) is 0 Å². The number of ether oxygens (including phenoxy) is 2. The Bertz CT molecular complexity index is 641. The van der Waals surface area contributed by atoms with Crippen LogP contribution in [0.1, 0.15) is 15.9 Å². The third-order valence-corrected chi connectivity index (χ3v) is 3.14. The predicted molar refractivity (Wildman–Crippen MR) is 82.5 cm³/mol. The van der Waals surface area contributed by atoms with Crippen molar-refractivity contribution in [3.8, 4) is 5.75 Å². The van der Waals surface area contributed by atoms with E-state index in [-0.39, 0.29) is 0 Å². The molecule has 0 bridgehead atoms. The highest BCUT2D eigenvalue weighted by Crippen LogP contribution is 2.23. The number of nitrogens with one attached hydrogen (secondary N) is 1. The molecule has 3 N–H and O–H groups in total. The lowest BCUT2D eigenvalue weighted by Gasteiger charge is -2.13. The number of esters is 1. The molecule has 5 heteroatoms. The summed E-state index contributed by atoms with van der Waals surface area (Å²) in [7, 11) is 2.98. The third-order valence-electron chi connectivity index (χ3n) is 3.14. The molecule has 0 amide bonds. The first-order chi connectivity index (χ1) is 10.2. The molecular weight excluding hydrogens is 268 g/mol. The van der Waals surface area contributed by atoms with Crippen LogP contribution in [0.4, 0.5) is 11.4 Å². The van der Waals surface area contributed by atoms with Crippen LogP contribution in [-0.2, 0) is 11.3 Å². The summed E-state index contributed by atoms with van der Waals surface area (Å²) in [5, 5.41) is 3.21. The number of carbonyl (C=O) groups is 1. The minimum Gasteiger partial charge on any atom is -0.496 e. The fraction of sp³-hybridized carbons (Fsp3) is 0.188. The van der Waals surface area contributed by atoms with Crippen LogP contribution in [0, 0.1) is 0 Å². The quantitative estimate of drug-likeness (QED) is 0.653. The van der Waals surface area contributed by atoms with Crippen molar-refractivity contribution in [2.45, 2.75) is 6.54 Å². The Hall–Kier alpha value is -2.69. The standard InChI is InChI=1S/C16H18N2O3/c1-20-15-6-4-3-5-12(15)10-18-14-9-11(16(19)21-2)7-8-13(14)17/h3-9,18H,10,17H2,1-2H3. The third kappa shape index (κ3) is 3.45. The molecule has 21 heavy (non-hydrogen) atoms. The molecule has 0 saturated heterocycles. The highest BCUT2D eigenvalue weighted by molar-refractivity contribution is 5.91. The number of benzene rings is 2. The molecule has 0 aliphatic carbocycles. The van der Waals surface area contributed by atoms with E-state index >= 15 is 0 Å². The van der Waals surface area contributed by atoms with Crippen molar-refractivity contribution in [1.82, 2.24) is 0 Å². The number of anilines is 2. The zero-order valence-corrected chi connectivity index (χ0v) is 12.1. The first kappa shape index (κ1) is 14.7. The van der Waals surface area contributed by atoms with Gasteiger partial charge in [0.15, 0.2) is 0 Å². The van der Waals surface area contributed by atoms with E-state index in [0.29, 0.717) is 23.5 Å². The highest BCUT2D eigenvalue weighted by Gasteiger charge is 2.09. The van der Waals surface area contributed by atoms with Crippen LogP contribution < -0.4 is 15.8 Å². The summed E-state index contributed by atoms with van der Waals surface area (Å²) < 4.78 is 10.0. The maximum absolute atomic E-state index is 11.5. The van der Waals surface area contributed by atoms with E-state index < -0.39 is 5.97 Å². The molecule has 2 rings (SSSR count). The van der Waals surface area contributed by atoms with Crippen molar-refractivity contribution < 1.29 is 14.3 Å². The summed E-state index contributed by atoms with van der Waals surface area (Å²) in [4.78, 5) is 11.5. The summed E-state index contributed by atoms with van der Waals surface area (Å²) in [6, 6.07) is 12.7. The van der Waals surface area contributed by atoms with Gasteiger partial charge in [-0.1, -0.05) is 18.2 Å². The van der Waals surface area contributed by atoms with Gasteiger partial charge in [0.1, 0.15) is 5.75 Å². The van der Waals surface area contributed by atoms with Crippen molar-refractivity contribution in [3.05, 3.63) is 53.6 Å². The lowest BCUT2D eigenvalue weighted by Crippen LogP contribution is -2.07. The minimum absolute atomic E-state index is 0.393. The highest BCUT2D eigenvalue weighted by atomic mass is 16.5. The molecule has 2 aromatic carbocycles. The van der Waals surface area contributed by atoms with Crippen LogP contribution in [0.15, 0.2) is 42.5 Å². The molecule has 0 fully saturated rings. The van der Waals surface area contributed by atoms with Crippen LogP contribution in [-0.4, -0.2) is 20.2 Å². The second-order valence-corrected chi connectivity index (χ2v) is 4.46. The number of hydrogen-bond donors (Lipinski definition) is 2. The molecule has 0 heterocycles. The summed E-state index contributed by atoms with van der Waals surface area (Å²) in [6.45, 7) is 0.541. The monoisotopic (exact) mass is 286 g/mol. The minimum atomic E-state index is -0.393. The van der Waals surface area contributed by atoms with E-state index in [1.54, 1.807) is 25.3 Å². The topological polar surface area (TPSA) is 73.6 Å². The second kappa shape index (κ2) is 6.65. The molecule has 0 spiro atoms. The number of carbonyl (C=O) groups excluding carboxylic acids is 1. The Labute approximate surface area is 123 Å². The molecule has 110 valence electrons. The fourth-order valence-corrected chi connectivity index (χ4v) is 1.99. The van der Waals surface area contributed by atoms with E-state index in [1.165, 1.54) is 7.11 Å². The number of hydrogen-bond acceptors (Lipinski definition) is 5. The average Bonchev–Trinajstić information content (AvgIpc) is 2.53. The zero-order valence-electron chi connectivity index (χ0n) is 12.1. The van der Waals surface area contributed by atoms with E-state index in [4.69, 9.17) is 15.2 Å². The van der Waals surface area contributed by atoms with Gasteiger partial charge in [-0.3, -0.25) is 0 Å². The molecule has 0 aromatic heterocycles. The number of rotatable bonds is 5. The number of methoxy groups -OCH3 is 2. The van der Waals surface area contributed by atoms with Gasteiger partial charge in [0, 0.05) is 12.1 Å². The summed E-state index contributed by atoms with van der Waals surface area (Å²) in [5.74, 6) is 0.406. The summed E-state index contributed by atoms with van der Waals surface area (Å²) in [6.07, 6.45) is 0. The number of nitrogen functional groups attached to an aromatic ring is 1. The first-order valence-electron chi connectivity index (χ1n) is 6.49. The summed E-state index contributed by atoms with van der Waals surface area (Å²) >= 11 is 0. The second-order valence-electron chi connectivity index (χ2n) is 4.46. The predicted octanol–water partition coefficient (Wildman–Crippen LogP) is 2.68. The molecule has 0 radical (unpaired) electrons. The van der Waals surface area contributed by atoms with Crippen LogP contribution in [0.2, 0.25) is 0 Å². The maximum atomic E-state index is 11.5. The Balaban J connectivity index is 2.17. The van der Waals surface area contributed by atoms with E-state index in [2.05, 4.69) is 5.32 Å². The van der Waals surface area contributed by atoms with Crippen LogP contribution in [0.3, 0.4) is 0 Å². The number of nitrogens with two attached hydrogens (primary N) is 1. The lowest BCUT2D eigenvalue weighted by molar-refractivity contribution is 0.0601. The van der Waals surface area contributed by atoms with Crippen molar-refractivity contribution in [1.29, 1.82) is 0 Å². The molecule has 5 nitrogen and oxygen atoms in total. The van der Waals surface area contributed by atoms with Gasteiger partial charge in [-0.05, 0) is 24.3 Å². The Morgan fingerprint density at radius 2 is 1.95 bits per heavy atom. The van der Waals surface area contributed by atoms with Crippen molar-refractivity contribution in [3.63, 3.8) is 0 Å². The largest absolute Gasteiger partial charge is 0.496 e. The molecule has 0 saturated carbocycles. The van der Waals surface area contributed by atoms with E-state index in [1.807, 2.05) is 24.3 Å². The summed E-state index contributed by atoms with van der Waals surface area (Å²) in [5.41, 5.74) is 8.63. The van der Waals surface area contributed by atoms with Gasteiger partial charge in [0.25, 0.3) is 0 Å². The zero-order chi connectivity index (χ0) is 15.2. The molecular formula is C16H18N2O3. The Morgan fingerprint density at radius 1 is 1.19 bits per heavy atom. The average molecular weight is 286 g/mol. The molecule has 0 aliphatic rings. The van der Waals surface area contributed by atoms with Gasteiger partial charge >= 0.3 is 5.97 Å². The molecule has 2 aromatic rings. The lowest BCUT2D eigenvalue weighted by atomic mass is 10.1. The SMILES string of the molecule is COC(=O)c1ccc(N)c(NCc2ccccc2OC)c1. The molecule has 0 unspecified atom stereocenters. The van der Waals surface area contributed by atoms with Crippen molar-refractivity contribution in [2.75, 3.05) is 25.3 Å². The van der Waals surface area contributed by atoms with E-state index in [9.17, 15) is 4.79 Å². The molecule has 0 atom stereocenters. The van der Waals surface area contributed by atoms with Crippen LogP contribution in [0.5, 0.6) is 5.75 Å². The van der Waals surface area contributed by atoms with Gasteiger partial charge in [0.05, 0.1) is 31.2 Å². The maximum Gasteiger partial charge on any atom is 0.337 e. The normalized spacial score (nSPS) is 10.0. The van der Waals surface area contributed by atoms with Crippen LogP contribution >= 0.6 is 0 Å². The van der Waals surface area contributed by atoms with Crippen molar-refractivity contribution in [2.24, 2.45) is 0 Å². The smallest absolute Gasteiger partial charge is 0.337 e. The van der Waals surface area contributed by atoms with Gasteiger partial charge in [0.2, 0.25) is 0 Å². The fourth-order valence-electron chi connectivity index (χ4n) is 1.99. The van der Waals surface area contributed by atoms with Gasteiger partial charge in [-0.2, -0.15) is 0 Å². The Kier molecular flexibility index (Phi) is 4.66. The molecule has 0 aliphatic heterocycles. The first-order valence-corrected chi connectivity index (χ1v) is 6.49. The van der Waals surface area contributed by atoms with Crippen molar-refractivity contribution >= 4 is 17.3 Å². The van der Waals surface area contributed by atoms with Gasteiger partial charge in [-0.25, -0.2) is 4.79 Å². The van der Waals surface area contributed by atoms with Gasteiger partial charge < -0.3 is 20.5 Å². The van der Waals surface area contributed by atoms with Gasteiger partial charge in [-0.15, -0.1) is 0 Å². The number of para-hydroxylation sites is 1.